The fourth-order valence-electron chi connectivity index (χ4n) is 3.90. The molecule has 2 fully saturated rings. The highest BCUT2D eigenvalue weighted by molar-refractivity contribution is 4.83. The van der Waals surface area contributed by atoms with Gasteiger partial charge in [-0.05, 0) is 43.6 Å². The van der Waals surface area contributed by atoms with Crippen LogP contribution in [-0.2, 0) is 0 Å². The van der Waals surface area contributed by atoms with Gasteiger partial charge in [-0.25, -0.2) is 0 Å². The van der Waals surface area contributed by atoms with Crippen LogP contribution in [-0.4, -0.2) is 37.1 Å². The standard InChI is InChI=1S/C17H34N2/c1-14(2)10-18-17-9-15(3)11-19(13-17)12-16-7-5-4-6-8-16/h14-18H,4-13H2,1-3H3. The Bertz CT molecular complexity index is 246. The molecule has 0 aromatic heterocycles. The van der Waals surface area contributed by atoms with Crippen LogP contribution in [0.3, 0.4) is 0 Å². The zero-order valence-corrected chi connectivity index (χ0v) is 13.3. The molecule has 1 heterocycles. The first-order valence-electron chi connectivity index (χ1n) is 8.59. The fourth-order valence-corrected chi connectivity index (χ4v) is 3.90. The van der Waals surface area contributed by atoms with Gasteiger partial charge in [-0.15, -0.1) is 0 Å². The number of likely N-dealkylation sites (tertiary alicyclic amines) is 1. The molecule has 0 spiro atoms. The summed E-state index contributed by atoms with van der Waals surface area (Å²) in [5.41, 5.74) is 0. The van der Waals surface area contributed by atoms with Crippen LogP contribution in [0.1, 0.15) is 59.3 Å². The van der Waals surface area contributed by atoms with Gasteiger partial charge in [0.15, 0.2) is 0 Å². The molecular formula is C17H34N2. The summed E-state index contributed by atoms with van der Waals surface area (Å²) < 4.78 is 0. The summed E-state index contributed by atoms with van der Waals surface area (Å²) in [7, 11) is 0. The van der Waals surface area contributed by atoms with E-state index in [9.17, 15) is 0 Å². The van der Waals surface area contributed by atoms with Crippen molar-refractivity contribution in [3.8, 4) is 0 Å². The zero-order valence-electron chi connectivity index (χ0n) is 13.3. The Labute approximate surface area is 120 Å². The molecule has 2 unspecified atom stereocenters. The van der Waals surface area contributed by atoms with E-state index in [-0.39, 0.29) is 0 Å². The number of nitrogens with zero attached hydrogens (tertiary/aromatic N) is 1. The molecule has 1 saturated heterocycles. The molecule has 0 amide bonds. The molecule has 2 atom stereocenters. The second-order valence-electron chi connectivity index (χ2n) is 7.56. The van der Waals surface area contributed by atoms with Gasteiger partial charge in [0.05, 0.1) is 0 Å². The van der Waals surface area contributed by atoms with Gasteiger partial charge in [-0.1, -0.05) is 40.0 Å². The number of hydrogen-bond donors (Lipinski definition) is 1. The van der Waals surface area contributed by atoms with Crippen molar-refractivity contribution in [2.75, 3.05) is 26.2 Å². The monoisotopic (exact) mass is 266 g/mol. The smallest absolute Gasteiger partial charge is 0.0198 e. The zero-order chi connectivity index (χ0) is 13.7. The number of rotatable bonds is 5. The maximum Gasteiger partial charge on any atom is 0.0198 e. The van der Waals surface area contributed by atoms with Crippen LogP contribution in [0.4, 0.5) is 0 Å². The Hall–Kier alpha value is -0.0800. The lowest BCUT2D eigenvalue weighted by Crippen LogP contribution is -2.50. The Kier molecular flexibility index (Phi) is 6.15. The van der Waals surface area contributed by atoms with E-state index >= 15 is 0 Å². The van der Waals surface area contributed by atoms with E-state index in [0.717, 1.165) is 23.8 Å². The quantitative estimate of drug-likeness (QED) is 0.819. The van der Waals surface area contributed by atoms with E-state index in [1.165, 1.54) is 64.7 Å². The first-order chi connectivity index (χ1) is 9.13. The lowest BCUT2D eigenvalue weighted by Gasteiger charge is -2.39. The second-order valence-corrected chi connectivity index (χ2v) is 7.56. The van der Waals surface area contributed by atoms with Crippen LogP contribution >= 0.6 is 0 Å². The van der Waals surface area contributed by atoms with Crippen LogP contribution in [0.25, 0.3) is 0 Å². The van der Waals surface area contributed by atoms with Gasteiger partial charge in [0.25, 0.3) is 0 Å². The highest BCUT2D eigenvalue weighted by Gasteiger charge is 2.26. The van der Waals surface area contributed by atoms with E-state index in [0.29, 0.717) is 0 Å². The first-order valence-corrected chi connectivity index (χ1v) is 8.59. The van der Waals surface area contributed by atoms with Crippen molar-refractivity contribution in [2.45, 2.75) is 65.3 Å². The molecule has 0 aromatic rings. The number of nitrogens with one attached hydrogen (secondary N) is 1. The molecule has 19 heavy (non-hydrogen) atoms. The molecule has 0 aromatic carbocycles. The lowest BCUT2D eigenvalue weighted by atomic mass is 9.87. The van der Waals surface area contributed by atoms with Crippen molar-refractivity contribution in [1.82, 2.24) is 10.2 Å². The van der Waals surface area contributed by atoms with E-state index in [1.807, 2.05) is 0 Å². The molecule has 2 aliphatic rings. The Morgan fingerprint density at radius 1 is 1.11 bits per heavy atom. The highest BCUT2D eigenvalue weighted by Crippen LogP contribution is 2.26. The number of hydrogen-bond acceptors (Lipinski definition) is 2. The Balaban J connectivity index is 1.76. The predicted octanol–water partition coefficient (Wildman–Crippen LogP) is 3.52. The van der Waals surface area contributed by atoms with Crippen molar-refractivity contribution in [3.63, 3.8) is 0 Å². The molecule has 0 radical (unpaired) electrons. The van der Waals surface area contributed by atoms with E-state index in [4.69, 9.17) is 0 Å². The van der Waals surface area contributed by atoms with Gasteiger partial charge in [0.1, 0.15) is 0 Å². The van der Waals surface area contributed by atoms with Gasteiger partial charge in [-0.3, -0.25) is 0 Å². The summed E-state index contributed by atoms with van der Waals surface area (Å²) in [6.45, 7) is 12.2. The summed E-state index contributed by atoms with van der Waals surface area (Å²) in [6, 6.07) is 0.731. The molecule has 2 nitrogen and oxygen atoms in total. The Morgan fingerprint density at radius 2 is 1.84 bits per heavy atom. The van der Waals surface area contributed by atoms with Crippen molar-refractivity contribution in [1.29, 1.82) is 0 Å². The molecule has 1 N–H and O–H groups in total. The minimum Gasteiger partial charge on any atom is -0.312 e. The maximum absolute atomic E-state index is 3.78. The molecular weight excluding hydrogens is 232 g/mol. The van der Waals surface area contributed by atoms with E-state index < -0.39 is 0 Å². The average molecular weight is 266 g/mol. The van der Waals surface area contributed by atoms with Crippen molar-refractivity contribution >= 4 is 0 Å². The summed E-state index contributed by atoms with van der Waals surface area (Å²) in [4.78, 5) is 2.75. The molecule has 2 rings (SSSR count). The van der Waals surface area contributed by atoms with Crippen LogP contribution in [0.15, 0.2) is 0 Å². The minimum absolute atomic E-state index is 0.731. The molecule has 0 bridgehead atoms. The molecule has 1 aliphatic heterocycles. The van der Waals surface area contributed by atoms with Crippen LogP contribution < -0.4 is 5.32 Å². The van der Waals surface area contributed by atoms with Gasteiger partial charge in [0.2, 0.25) is 0 Å². The first kappa shape index (κ1) is 15.3. The molecule has 1 saturated carbocycles. The summed E-state index contributed by atoms with van der Waals surface area (Å²) in [5.74, 6) is 2.62. The van der Waals surface area contributed by atoms with Gasteiger partial charge in [-0.2, -0.15) is 0 Å². The third-order valence-corrected chi connectivity index (χ3v) is 4.79. The summed E-state index contributed by atoms with van der Waals surface area (Å²) >= 11 is 0. The third-order valence-electron chi connectivity index (χ3n) is 4.79. The molecule has 112 valence electrons. The van der Waals surface area contributed by atoms with Crippen molar-refractivity contribution in [3.05, 3.63) is 0 Å². The minimum atomic E-state index is 0.731. The molecule has 1 aliphatic carbocycles. The fraction of sp³-hybridized carbons (Fsp3) is 1.00. The SMILES string of the molecule is CC(C)CNC1CC(C)CN(CC2CCCCC2)C1. The second kappa shape index (κ2) is 7.64. The predicted molar refractivity (Wildman–Crippen MR) is 83.4 cm³/mol. The summed E-state index contributed by atoms with van der Waals surface area (Å²) in [5, 5.41) is 3.78. The largest absolute Gasteiger partial charge is 0.312 e. The molecule has 2 heteroatoms. The topological polar surface area (TPSA) is 15.3 Å². The lowest BCUT2D eigenvalue weighted by molar-refractivity contribution is 0.118. The summed E-state index contributed by atoms with van der Waals surface area (Å²) in [6.07, 6.45) is 8.76. The van der Waals surface area contributed by atoms with Crippen molar-refractivity contribution < 1.29 is 0 Å². The number of piperidine rings is 1. The third kappa shape index (κ3) is 5.43. The normalized spacial score (nSPS) is 30.9. The van der Waals surface area contributed by atoms with Gasteiger partial charge in [0, 0.05) is 25.7 Å². The average Bonchev–Trinajstić information content (AvgIpc) is 2.37. The van der Waals surface area contributed by atoms with E-state index in [1.54, 1.807) is 0 Å². The van der Waals surface area contributed by atoms with Crippen LogP contribution in [0, 0.1) is 17.8 Å². The van der Waals surface area contributed by atoms with Gasteiger partial charge < -0.3 is 10.2 Å². The van der Waals surface area contributed by atoms with Crippen LogP contribution in [0.2, 0.25) is 0 Å². The Morgan fingerprint density at radius 3 is 2.53 bits per heavy atom. The highest BCUT2D eigenvalue weighted by atomic mass is 15.2. The van der Waals surface area contributed by atoms with E-state index in [2.05, 4.69) is 31.0 Å². The van der Waals surface area contributed by atoms with Crippen molar-refractivity contribution in [2.24, 2.45) is 17.8 Å². The van der Waals surface area contributed by atoms with Crippen LogP contribution in [0.5, 0.6) is 0 Å². The van der Waals surface area contributed by atoms with Gasteiger partial charge >= 0.3 is 0 Å². The maximum atomic E-state index is 3.78.